The Hall–Kier alpha value is -0.860. The summed E-state index contributed by atoms with van der Waals surface area (Å²) in [6.07, 6.45) is 8.51. The van der Waals surface area contributed by atoms with Crippen LogP contribution >= 0.6 is 0 Å². The molecule has 0 atom stereocenters. The van der Waals surface area contributed by atoms with Crippen LogP contribution in [0.2, 0.25) is 0 Å². The molecule has 3 heteroatoms. The second-order valence-electron chi connectivity index (χ2n) is 3.63. The zero-order valence-corrected chi connectivity index (χ0v) is 7.53. The van der Waals surface area contributed by atoms with E-state index in [2.05, 4.69) is 14.8 Å². The minimum Gasteiger partial charge on any atom is -0.320 e. The lowest BCUT2D eigenvalue weighted by molar-refractivity contribution is 0.420. The van der Waals surface area contributed by atoms with Crippen molar-refractivity contribution >= 4 is 0 Å². The van der Waals surface area contributed by atoms with E-state index in [1.807, 2.05) is 7.05 Å². The van der Waals surface area contributed by atoms with Gasteiger partial charge in [-0.2, -0.15) is 0 Å². The molecule has 0 bridgehead atoms. The number of rotatable bonds is 1. The van der Waals surface area contributed by atoms with Crippen LogP contribution in [-0.2, 0) is 7.05 Å². The van der Waals surface area contributed by atoms with Crippen molar-refractivity contribution in [2.45, 2.75) is 38.0 Å². The maximum Gasteiger partial charge on any atom is 0.135 e. The summed E-state index contributed by atoms with van der Waals surface area (Å²) >= 11 is 0. The van der Waals surface area contributed by atoms with E-state index in [1.165, 1.54) is 37.9 Å². The minimum absolute atomic E-state index is 0.672. The van der Waals surface area contributed by atoms with Crippen molar-refractivity contribution < 1.29 is 0 Å². The second kappa shape index (κ2) is 3.25. The Balaban J connectivity index is 2.13. The maximum absolute atomic E-state index is 4.15. The van der Waals surface area contributed by atoms with Crippen LogP contribution in [0, 0.1) is 0 Å². The van der Waals surface area contributed by atoms with E-state index in [0.717, 1.165) is 0 Å². The standard InChI is InChI=1S/C9H15N3/c1-12-7-10-11-9(12)8-5-3-2-4-6-8/h7-8H,2-6H2,1H3. The van der Waals surface area contributed by atoms with Gasteiger partial charge >= 0.3 is 0 Å². The fourth-order valence-corrected chi connectivity index (χ4v) is 2.02. The molecule has 0 saturated heterocycles. The van der Waals surface area contributed by atoms with Gasteiger partial charge in [-0.1, -0.05) is 19.3 Å². The number of hydrogen-bond donors (Lipinski definition) is 0. The normalized spacial score (nSPS) is 19.8. The molecular formula is C9H15N3. The molecule has 1 aliphatic carbocycles. The van der Waals surface area contributed by atoms with Gasteiger partial charge in [-0.05, 0) is 12.8 Å². The van der Waals surface area contributed by atoms with E-state index in [0.29, 0.717) is 5.92 Å². The molecule has 0 spiro atoms. The Bertz CT molecular complexity index is 248. The number of hydrogen-bond acceptors (Lipinski definition) is 2. The Labute approximate surface area is 72.8 Å². The van der Waals surface area contributed by atoms with E-state index in [4.69, 9.17) is 0 Å². The average molecular weight is 165 g/mol. The van der Waals surface area contributed by atoms with Crippen molar-refractivity contribution in [3.8, 4) is 0 Å². The first kappa shape index (κ1) is 7.77. The van der Waals surface area contributed by atoms with Gasteiger partial charge in [0.1, 0.15) is 12.2 Å². The van der Waals surface area contributed by atoms with E-state index < -0.39 is 0 Å². The third-order valence-electron chi connectivity index (χ3n) is 2.72. The SMILES string of the molecule is Cn1cnnc1C1CCCCC1. The monoisotopic (exact) mass is 165 g/mol. The molecule has 0 amide bonds. The number of nitrogens with zero attached hydrogens (tertiary/aromatic N) is 3. The lowest BCUT2D eigenvalue weighted by Gasteiger charge is -2.20. The molecule has 0 radical (unpaired) electrons. The summed E-state index contributed by atoms with van der Waals surface area (Å²) in [6, 6.07) is 0. The van der Waals surface area contributed by atoms with Gasteiger partial charge in [0.25, 0.3) is 0 Å². The Morgan fingerprint density at radius 1 is 1.33 bits per heavy atom. The fraction of sp³-hybridized carbons (Fsp3) is 0.778. The zero-order valence-electron chi connectivity index (χ0n) is 7.53. The van der Waals surface area contributed by atoms with Gasteiger partial charge in [0.05, 0.1) is 0 Å². The molecular weight excluding hydrogens is 150 g/mol. The third-order valence-corrected chi connectivity index (χ3v) is 2.72. The van der Waals surface area contributed by atoms with Crippen LogP contribution in [0.5, 0.6) is 0 Å². The predicted octanol–water partition coefficient (Wildman–Crippen LogP) is 1.86. The van der Waals surface area contributed by atoms with Gasteiger partial charge in [-0.3, -0.25) is 0 Å². The molecule has 12 heavy (non-hydrogen) atoms. The smallest absolute Gasteiger partial charge is 0.135 e. The maximum atomic E-state index is 4.15. The summed E-state index contributed by atoms with van der Waals surface area (Å²) in [5.74, 6) is 1.85. The highest BCUT2D eigenvalue weighted by Crippen LogP contribution is 2.30. The molecule has 0 aromatic carbocycles. The summed E-state index contributed by atoms with van der Waals surface area (Å²) < 4.78 is 2.05. The summed E-state index contributed by atoms with van der Waals surface area (Å²) in [6.45, 7) is 0. The van der Waals surface area contributed by atoms with Crippen molar-refractivity contribution in [3.63, 3.8) is 0 Å². The molecule has 1 aliphatic rings. The second-order valence-corrected chi connectivity index (χ2v) is 3.63. The first-order chi connectivity index (χ1) is 5.88. The topological polar surface area (TPSA) is 30.7 Å². The molecule has 0 unspecified atom stereocenters. The Morgan fingerprint density at radius 2 is 2.08 bits per heavy atom. The Kier molecular flexibility index (Phi) is 2.11. The number of aromatic nitrogens is 3. The van der Waals surface area contributed by atoms with E-state index >= 15 is 0 Å². The molecule has 1 fully saturated rings. The predicted molar refractivity (Wildman–Crippen MR) is 46.8 cm³/mol. The highest BCUT2D eigenvalue weighted by atomic mass is 15.2. The highest BCUT2D eigenvalue weighted by molar-refractivity contribution is 4.96. The Morgan fingerprint density at radius 3 is 2.67 bits per heavy atom. The van der Waals surface area contributed by atoms with E-state index in [1.54, 1.807) is 6.33 Å². The molecule has 3 nitrogen and oxygen atoms in total. The van der Waals surface area contributed by atoms with Crippen LogP contribution in [0.25, 0.3) is 0 Å². The molecule has 1 aromatic heterocycles. The van der Waals surface area contributed by atoms with Crippen LogP contribution in [0.3, 0.4) is 0 Å². The summed E-state index contributed by atoms with van der Waals surface area (Å²) in [7, 11) is 2.03. The average Bonchev–Trinajstić information content (AvgIpc) is 2.53. The molecule has 1 heterocycles. The van der Waals surface area contributed by atoms with Crippen molar-refractivity contribution in [2.75, 3.05) is 0 Å². The zero-order chi connectivity index (χ0) is 8.39. The number of aryl methyl sites for hydroxylation is 1. The lowest BCUT2D eigenvalue weighted by Crippen LogP contribution is -2.09. The quantitative estimate of drug-likeness (QED) is 0.636. The van der Waals surface area contributed by atoms with Crippen molar-refractivity contribution in [1.29, 1.82) is 0 Å². The third kappa shape index (κ3) is 1.36. The van der Waals surface area contributed by atoms with Gasteiger partial charge in [0.15, 0.2) is 0 Å². The van der Waals surface area contributed by atoms with Crippen LogP contribution in [0.15, 0.2) is 6.33 Å². The molecule has 1 aromatic rings. The molecule has 0 N–H and O–H groups in total. The summed E-state index contributed by atoms with van der Waals surface area (Å²) in [5.41, 5.74) is 0. The minimum atomic E-state index is 0.672. The van der Waals surface area contributed by atoms with Gasteiger partial charge < -0.3 is 4.57 Å². The van der Waals surface area contributed by atoms with Gasteiger partial charge in [-0.25, -0.2) is 0 Å². The summed E-state index contributed by atoms with van der Waals surface area (Å²) in [5, 5.41) is 8.06. The molecule has 1 saturated carbocycles. The first-order valence-electron chi connectivity index (χ1n) is 4.72. The molecule has 0 aliphatic heterocycles. The van der Waals surface area contributed by atoms with E-state index in [9.17, 15) is 0 Å². The first-order valence-corrected chi connectivity index (χ1v) is 4.72. The van der Waals surface area contributed by atoms with Crippen LogP contribution in [-0.4, -0.2) is 14.8 Å². The molecule has 2 rings (SSSR count). The lowest BCUT2D eigenvalue weighted by atomic mass is 9.89. The fourth-order valence-electron chi connectivity index (χ4n) is 2.02. The van der Waals surface area contributed by atoms with Gasteiger partial charge in [0, 0.05) is 13.0 Å². The summed E-state index contributed by atoms with van der Waals surface area (Å²) in [4.78, 5) is 0. The van der Waals surface area contributed by atoms with E-state index in [-0.39, 0.29) is 0 Å². The van der Waals surface area contributed by atoms with Crippen molar-refractivity contribution in [1.82, 2.24) is 14.8 Å². The molecule has 66 valence electrons. The van der Waals surface area contributed by atoms with Crippen LogP contribution in [0.1, 0.15) is 43.8 Å². The highest BCUT2D eigenvalue weighted by Gasteiger charge is 2.19. The van der Waals surface area contributed by atoms with Crippen LogP contribution < -0.4 is 0 Å². The largest absolute Gasteiger partial charge is 0.320 e. The van der Waals surface area contributed by atoms with Gasteiger partial charge in [-0.15, -0.1) is 10.2 Å². The van der Waals surface area contributed by atoms with Crippen molar-refractivity contribution in [3.05, 3.63) is 12.2 Å². The van der Waals surface area contributed by atoms with Gasteiger partial charge in [0.2, 0.25) is 0 Å². The van der Waals surface area contributed by atoms with Crippen molar-refractivity contribution in [2.24, 2.45) is 7.05 Å². The van der Waals surface area contributed by atoms with Crippen LogP contribution in [0.4, 0.5) is 0 Å².